The first-order valence-corrected chi connectivity index (χ1v) is 6.66. The van der Waals surface area contributed by atoms with Gasteiger partial charge in [0.25, 0.3) is 0 Å². The fraction of sp³-hybridized carbons (Fsp3) is 0.500. The molecule has 0 amide bonds. The van der Waals surface area contributed by atoms with Gasteiger partial charge < -0.3 is 10.3 Å². The van der Waals surface area contributed by atoms with E-state index in [9.17, 15) is 0 Å². The van der Waals surface area contributed by atoms with Crippen LogP contribution in [0, 0.1) is 0 Å². The zero-order valence-electron chi connectivity index (χ0n) is 11.4. The Kier molecular flexibility index (Phi) is 4.63. The van der Waals surface area contributed by atoms with E-state index in [1.165, 1.54) is 0 Å². The van der Waals surface area contributed by atoms with E-state index in [2.05, 4.69) is 22.0 Å². The van der Waals surface area contributed by atoms with Crippen LogP contribution in [0.5, 0.6) is 0 Å². The highest BCUT2D eigenvalue weighted by molar-refractivity contribution is 5.52. The molecule has 102 valence electrons. The maximum atomic E-state index is 5.74. The molecule has 2 rings (SSSR count). The Morgan fingerprint density at radius 2 is 1.95 bits per heavy atom. The maximum absolute atomic E-state index is 5.74. The third-order valence-electron chi connectivity index (χ3n) is 3.10. The van der Waals surface area contributed by atoms with Crippen LogP contribution in [0.3, 0.4) is 0 Å². The van der Waals surface area contributed by atoms with E-state index in [0.717, 1.165) is 24.8 Å². The molecule has 0 saturated carbocycles. The highest BCUT2D eigenvalue weighted by Crippen LogP contribution is 2.23. The van der Waals surface area contributed by atoms with E-state index in [4.69, 9.17) is 10.3 Å². The van der Waals surface area contributed by atoms with E-state index in [1.54, 1.807) is 12.4 Å². The molecule has 5 nitrogen and oxygen atoms in total. The van der Waals surface area contributed by atoms with Crippen molar-refractivity contribution >= 4 is 0 Å². The largest absolute Gasteiger partial charge is 0.339 e. The first-order valence-electron chi connectivity index (χ1n) is 6.66. The summed E-state index contributed by atoms with van der Waals surface area (Å²) < 4.78 is 5.33. The van der Waals surface area contributed by atoms with E-state index < -0.39 is 0 Å². The highest BCUT2D eigenvalue weighted by atomic mass is 16.5. The van der Waals surface area contributed by atoms with Crippen molar-refractivity contribution in [1.82, 2.24) is 15.1 Å². The molecule has 5 heteroatoms. The Morgan fingerprint density at radius 3 is 2.63 bits per heavy atom. The van der Waals surface area contributed by atoms with Gasteiger partial charge in [0.05, 0.1) is 0 Å². The van der Waals surface area contributed by atoms with Crippen molar-refractivity contribution in [1.29, 1.82) is 0 Å². The van der Waals surface area contributed by atoms with Gasteiger partial charge in [0.1, 0.15) is 0 Å². The van der Waals surface area contributed by atoms with Gasteiger partial charge in [-0.2, -0.15) is 4.98 Å². The minimum Gasteiger partial charge on any atom is -0.339 e. The van der Waals surface area contributed by atoms with Crippen molar-refractivity contribution in [3.63, 3.8) is 0 Å². The van der Waals surface area contributed by atoms with Crippen LogP contribution in [0.25, 0.3) is 11.4 Å². The number of hydrogen-bond donors (Lipinski definition) is 1. The van der Waals surface area contributed by atoms with Crippen LogP contribution < -0.4 is 5.73 Å². The molecule has 2 N–H and O–H groups in total. The van der Waals surface area contributed by atoms with Crippen molar-refractivity contribution in [2.45, 2.75) is 45.1 Å². The highest BCUT2D eigenvalue weighted by Gasteiger charge is 2.15. The first-order chi connectivity index (χ1) is 9.16. The van der Waals surface area contributed by atoms with E-state index >= 15 is 0 Å². The van der Waals surface area contributed by atoms with Gasteiger partial charge in [-0.05, 0) is 31.9 Å². The first kappa shape index (κ1) is 13.7. The molecule has 0 aliphatic rings. The lowest BCUT2D eigenvalue weighted by molar-refractivity contribution is 0.350. The Morgan fingerprint density at radius 1 is 1.21 bits per heavy atom. The number of nitrogens with two attached hydrogens (primary N) is 1. The monoisotopic (exact) mass is 260 g/mol. The predicted octanol–water partition coefficient (Wildman–Crippen LogP) is 2.75. The Labute approximate surface area is 113 Å². The summed E-state index contributed by atoms with van der Waals surface area (Å²) in [6, 6.07) is 3.99. The summed E-state index contributed by atoms with van der Waals surface area (Å²) in [4.78, 5) is 8.41. The molecular formula is C14H20N4O. The smallest absolute Gasteiger partial charge is 0.229 e. The summed E-state index contributed by atoms with van der Waals surface area (Å²) in [5, 5.41) is 4.01. The number of nitrogens with zero attached hydrogens (tertiary/aromatic N) is 3. The fourth-order valence-electron chi connectivity index (χ4n) is 1.92. The summed E-state index contributed by atoms with van der Waals surface area (Å²) in [6.07, 6.45) is 6.55. The van der Waals surface area contributed by atoms with Crippen LogP contribution in [-0.2, 0) is 0 Å². The molecule has 0 radical (unpaired) electrons. The second kappa shape index (κ2) is 6.43. The molecule has 0 saturated heterocycles. The van der Waals surface area contributed by atoms with Gasteiger partial charge in [-0.3, -0.25) is 4.98 Å². The van der Waals surface area contributed by atoms with Crippen LogP contribution in [0.1, 0.15) is 44.9 Å². The summed E-state index contributed by atoms with van der Waals surface area (Å²) in [5.41, 5.74) is 6.66. The number of hydrogen-bond acceptors (Lipinski definition) is 5. The Hall–Kier alpha value is -1.75. The number of pyridine rings is 1. The molecule has 2 atom stereocenters. The van der Waals surface area contributed by atoms with Gasteiger partial charge in [0.15, 0.2) is 0 Å². The van der Waals surface area contributed by atoms with Crippen LogP contribution in [0.4, 0.5) is 0 Å². The van der Waals surface area contributed by atoms with Crippen LogP contribution in [0.15, 0.2) is 29.0 Å². The van der Waals surface area contributed by atoms with E-state index in [1.807, 2.05) is 19.1 Å². The SMILES string of the molecule is CC(N)CCCC(C)c1nc(-c2ccncc2)no1. The van der Waals surface area contributed by atoms with Crippen LogP contribution >= 0.6 is 0 Å². The van der Waals surface area contributed by atoms with Crippen molar-refractivity contribution in [2.75, 3.05) is 0 Å². The molecular weight excluding hydrogens is 240 g/mol. The summed E-state index contributed by atoms with van der Waals surface area (Å²) in [7, 11) is 0. The average molecular weight is 260 g/mol. The lowest BCUT2D eigenvalue weighted by atomic mass is 10.0. The van der Waals surface area contributed by atoms with Crippen molar-refractivity contribution in [3.05, 3.63) is 30.4 Å². The lowest BCUT2D eigenvalue weighted by Gasteiger charge is -2.07. The third-order valence-corrected chi connectivity index (χ3v) is 3.10. The second-order valence-corrected chi connectivity index (χ2v) is 5.00. The molecule has 0 fully saturated rings. The number of aromatic nitrogens is 3. The van der Waals surface area contributed by atoms with Gasteiger partial charge in [0.2, 0.25) is 11.7 Å². The van der Waals surface area contributed by atoms with E-state index in [0.29, 0.717) is 11.7 Å². The van der Waals surface area contributed by atoms with Gasteiger partial charge in [-0.25, -0.2) is 0 Å². The Bertz CT molecular complexity index is 495. The Balaban J connectivity index is 1.97. The molecule has 0 bridgehead atoms. The molecule has 0 aliphatic heterocycles. The fourth-order valence-corrected chi connectivity index (χ4v) is 1.92. The molecule has 0 aliphatic carbocycles. The summed E-state index contributed by atoms with van der Waals surface area (Å²) >= 11 is 0. The van der Waals surface area contributed by atoms with Gasteiger partial charge in [-0.15, -0.1) is 0 Å². The van der Waals surface area contributed by atoms with Crippen LogP contribution in [-0.4, -0.2) is 21.2 Å². The minimum atomic E-state index is 0.252. The summed E-state index contributed by atoms with van der Waals surface area (Å²) in [6.45, 7) is 4.13. The summed E-state index contributed by atoms with van der Waals surface area (Å²) in [5.74, 6) is 1.58. The van der Waals surface area contributed by atoms with Crippen molar-refractivity contribution < 1.29 is 4.52 Å². The topological polar surface area (TPSA) is 77.8 Å². The molecule has 0 aromatic carbocycles. The molecule has 0 spiro atoms. The van der Waals surface area contributed by atoms with Gasteiger partial charge in [0, 0.05) is 29.9 Å². The number of rotatable bonds is 6. The predicted molar refractivity (Wildman–Crippen MR) is 73.4 cm³/mol. The maximum Gasteiger partial charge on any atom is 0.229 e. The zero-order valence-corrected chi connectivity index (χ0v) is 11.4. The molecule has 2 heterocycles. The molecule has 2 unspecified atom stereocenters. The van der Waals surface area contributed by atoms with Crippen LogP contribution in [0.2, 0.25) is 0 Å². The van der Waals surface area contributed by atoms with Gasteiger partial charge in [-0.1, -0.05) is 18.5 Å². The third kappa shape index (κ3) is 3.86. The van der Waals surface area contributed by atoms with E-state index in [-0.39, 0.29) is 12.0 Å². The minimum absolute atomic E-state index is 0.252. The average Bonchev–Trinajstić information content (AvgIpc) is 2.89. The quantitative estimate of drug-likeness (QED) is 0.864. The zero-order chi connectivity index (χ0) is 13.7. The van der Waals surface area contributed by atoms with Gasteiger partial charge >= 0.3 is 0 Å². The van der Waals surface area contributed by atoms with Crippen molar-refractivity contribution in [3.8, 4) is 11.4 Å². The molecule has 2 aromatic heterocycles. The normalized spacial score (nSPS) is 14.3. The molecule has 19 heavy (non-hydrogen) atoms. The molecule has 2 aromatic rings. The standard InChI is InChI=1S/C14H20N4O/c1-10(4-3-5-11(2)15)14-17-13(18-19-14)12-6-8-16-9-7-12/h6-11H,3-5,15H2,1-2H3. The lowest BCUT2D eigenvalue weighted by Crippen LogP contribution is -2.14. The second-order valence-electron chi connectivity index (χ2n) is 5.00. The van der Waals surface area contributed by atoms with Crippen molar-refractivity contribution in [2.24, 2.45) is 5.73 Å².